The number of benzene rings is 1. The standard InChI is InChI=1S/C28H43F5O11/c1-21(2)43-20-19-42-18-17-41-16-15-40-14-13-39-12-11-38-10-9-37-8-7-36-6-5-35-4-3-22(34)44-28-26(32)24(30)23(29)25(31)27(28)33/h21H,3-20H2,1-2H3. The minimum atomic E-state index is -2.35. The van der Waals surface area contributed by atoms with E-state index < -0.39 is 47.2 Å². The van der Waals surface area contributed by atoms with Gasteiger partial charge in [0.1, 0.15) is 0 Å². The van der Waals surface area contributed by atoms with Gasteiger partial charge in [-0.15, -0.1) is 0 Å². The van der Waals surface area contributed by atoms with Crippen LogP contribution in [-0.4, -0.2) is 124 Å². The number of rotatable bonds is 29. The summed E-state index contributed by atoms with van der Waals surface area (Å²) in [5, 5.41) is 0. The van der Waals surface area contributed by atoms with Crippen LogP contribution in [-0.2, 0) is 47.4 Å². The molecule has 0 saturated heterocycles. The van der Waals surface area contributed by atoms with Crippen LogP contribution in [0.4, 0.5) is 22.0 Å². The molecule has 0 aromatic heterocycles. The first kappa shape index (κ1) is 40.0. The fourth-order valence-corrected chi connectivity index (χ4v) is 2.98. The Kier molecular flexibility index (Phi) is 23.8. The van der Waals surface area contributed by atoms with E-state index in [0.717, 1.165) is 0 Å². The Morgan fingerprint density at radius 2 is 0.727 bits per heavy atom. The van der Waals surface area contributed by atoms with Crippen LogP contribution in [0.5, 0.6) is 5.75 Å². The van der Waals surface area contributed by atoms with E-state index in [1.165, 1.54) is 0 Å². The molecule has 0 saturated carbocycles. The second-order valence-electron chi connectivity index (χ2n) is 8.94. The molecular weight excluding hydrogens is 607 g/mol. The SMILES string of the molecule is CC(C)OCCOCCOCCOCCOCCOCCOCCOCCOCCC(=O)Oc1c(F)c(F)c(F)c(F)c1F. The first-order valence-corrected chi connectivity index (χ1v) is 14.2. The molecule has 0 aliphatic rings. The maximum Gasteiger partial charge on any atom is 0.313 e. The molecule has 0 aliphatic heterocycles. The minimum Gasteiger partial charge on any atom is -0.420 e. The Morgan fingerprint density at radius 3 is 1.05 bits per heavy atom. The van der Waals surface area contributed by atoms with Crippen molar-refractivity contribution >= 4 is 5.97 Å². The molecule has 0 spiro atoms. The summed E-state index contributed by atoms with van der Waals surface area (Å²) in [4.78, 5) is 11.6. The summed E-state index contributed by atoms with van der Waals surface area (Å²) >= 11 is 0. The van der Waals surface area contributed by atoms with Crippen LogP contribution < -0.4 is 4.74 Å². The van der Waals surface area contributed by atoms with Gasteiger partial charge < -0.3 is 47.4 Å². The topological polar surface area (TPSA) is 109 Å². The Morgan fingerprint density at radius 1 is 0.455 bits per heavy atom. The average Bonchev–Trinajstić information content (AvgIpc) is 3.00. The van der Waals surface area contributed by atoms with E-state index in [1.54, 1.807) is 0 Å². The van der Waals surface area contributed by atoms with Crippen LogP contribution >= 0.6 is 0 Å². The first-order valence-electron chi connectivity index (χ1n) is 14.2. The van der Waals surface area contributed by atoms with E-state index in [1.807, 2.05) is 13.8 Å². The second kappa shape index (κ2) is 26.2. The van der Waals surface area contributed by atoms with Gasteiger partial charge in [0.2, 0.25) is 34.8 Å². The quantitative estimate of drug-likeness (QED) is 0.0319. The molecule has 0 atom stereocenters. The van der Waals surface area contributed by atoms with Gasteiger partial charge in [0, 0.05) is 0 Å². The first-order chi connectivity index (χ1) is 21.3. The van der Waals surface area contributed by atoms with Gasteiger partial charge in [-0.25, -0.2) is 13.2 Å². The summed E-state index contributed by atoms with van der Waals surface area (Å²) < 4.78 is 119. The van der Waals surface area contributed by atoms with Crippen molar-refractivity contribution in [2.45, 2.75) is 26.4 Å². The lowest BCUT2D eigenvalue weighted by Gasteiger charge is -2.09. The molecule has 0 bridgehead atoms. The third kappa shape index (κ3) is 19.4. The summed E-state index contributed by atoms with van der Waals surface area (Å²) in [7, 11) is 0. The minimum absolute atomic E-state index is 0.0858. The summed E-state index contributed by atoms with van der Waals surface area (Å²) in [5.74, 6) is -14.1. The van der Waals surface area contributed by atoms with E-state index in [9.17, 15) is 26.7 Å². The van der Waals surface area contributed by atoms with Gasteiger partial charge in [-0.1, -0.05) is 0 Å². The monoisotopic (exact) mass is 650 g/mol. The van der Waals surface area contributed by atoms with Gasteiger partial charge in [-0.05, 0) is 13.8 Å². The third-order valence-corrected chi connectivity index (χ3v) is 5.12. The highest BCUT2D eigenvalue weighted by molar-refractivity contribution is 5.72. The zero-order chi connectivity index (χ0) is 32.4. The van der Waals surface area contributed by atoms with Gasteiger partial charge >= 0.3 is 5.97 Å². The molecule has 1 aromatic carbocycles. The molecule has 1 aromatic rings. The molecule has 0 radical (unpaired) electrons. The molecule has 11 nitrogen and oxygen atoms in total. The van der Waals surface area contributed by atoms with Crippen molar-refractivity contribution in [1.82, 2.24) is 0 Å². The van der Waals surface area contributed by atoms with Crippen molar-refractivity contribution in [3.8, 4) is 5.75 Å². The summed E-state index contributed by atoms with van der Waals surface area (Å²) in [6, 6.07) is 0. The molecule has 16 heteroatoms. The summed E-state index contributed by atoms with van der Waals surface area (Å²) in [6.45, 7) is 10.2. The average molecular weight is 651 g/mol. The lowest BCUT2D eigenvalue weighted by atomic mass is 10.2. The van der Waals surface area contributed by atoms with Gasteiger partial charge in [0.15, 0.2) is 0 Å². The molecule has 44 heavy (non-hydrogen) atoms. The maximum atomic E-state index is 13.5. The molecule has 0 unspecified atom stereocenters. The number of ether oxygens (including phenoxy) is 10. The fourth-order valence-electron chi connectivity index (χ4n) is 2.98. The molecule has 0 amide bonds. The van der Waals surface area contributed by atoms with Crippen LogP contribution in [0.2, 0.25) is 0 Å². The molecule has 1 rings (SSSR count). The molecule has 256 valence electrons. The maximum absolute atomic E-state index is 13.5. The summed E-state index contributed by atoms with van der Waals surface area (Å²) in [5.41, 5.74) is 0. The smallest absolute Gasteiger partial charge is 0.313 e. The van der Waals surface area contributed by atoms with E-state index in [0.29, 0.717) is 85.9 Å². The van der Waals surface area contributed by atoms with Crippen molar-refractivity contribution in [3.63, 3.8) is 0 Å². The van der Waals surface area contributed by atoms with Crippen LogP contribution in [0.25, 0.3) is 0 Å². The highest BCUT2D eigenvalue weighted by atomic mass is 19.2. The molecule has 0 aliphatic carbocycles. The van der Waals surface area contributed by atoms with Crippen molar-refractivity contribution < 1.29 is 74.1 Å². The normalized spacial score (nSPS) is 11.5. The Hall–Kier alpha value is -2.02. The van der Waals surface area contributed by atoms with E-state index in [-0.39, 0.29) is 32.5 Å². The van der Waals surface area contributed by atoms with Crippen molar-refractivity contribution in [2.24, 2.45) is 0 Å². The van der Waals surface area contributed by atoms with Gasteiger partial charge in [-0.2, -0.15) is 8.78 Å². The Labute approximate surface area is 254 Å². The lowest BCUT2D eigenvalue weighted by Crippen LogP contribution is -2.16. The second-order valence-corrected chi connectivity index (χ2v) is 8.94. The predicted molar refractivity (Wildman–Crippen MR) is 144 cm³/mol. The van der Waals surface area contributed by atoms with Crippen LogP contribution in [0.1, 0.15) is 20.3 Å². The van der Waals surface area contributed by atoms with Gasteiger partial charge in [0.05, 0.1) is 125 Å². The van der Waals surface area contributed by atoms with Crippen LogP contribution in [0.15, 0.2) is 0 Å². The number of halogens is 5. The number of hydrogen-bond acceptors (Lipinski definition) is 11. The van der Waals surface area contributed by atoms with Crippen LogP contribution in [0.3, 0.4) is 0 Å². The van der Waals surface area contributed by atoms with Crippen molar-refractivity contribution in [2.75, 3.05) is 112 Å². The molecule has 0 N–H and O–H groups in total. The van der Waals surface area contributed by atoms with E-state index in [4.69, 9.17) is 42.6 Å². The van der Waals surface area contributed by atoms with Crippen molar-refractivity contribution in [1.29, 1.82) is 0 Å². The predicted octanol–water partition coefficient (Wildman–Crippen LogP) is 3.24. The highest BCUT2D eigenvalue weighted by Crippen LogP contribution is 2.29. The molecule has 0 fully saturated rings. The number of hydrogen-bond donors (Lipinski definition) is 0. The van der Waals surface area contributed by atoms with Crippen LogP contribution in [0, 0.1) is 29.1 Å². The van der Waals surface area contributed by atoms with Gasteiger partial charge in [0.25, 0.3) is 0 Å². The van der Waals surface area contributed by atoms with E-state index >= 15 is 0 Å². The Balaban J connectivity index is 1.80. The number of carbonyl (C=O) groups excluding carboxylic acids is 1. The lowest BCUT2D eigenvalue weighted by molar-refractivity contribution is -0.136. The Bertz CT molecular complexity index is 867. The number of carbonyl (C=O) groups is 1. The zero-order valence-electron chi connectivity index (χ0n) is 25.2. The summed E-state index contributed by atoms with van der Waals surface area (Å²) in [6.07, 6.45) is -0.281. The van der Waals surface area contributed by atoms with Crippen molar-refractivity contribution in [3.05, 3.63) is 29.1 Å². The zero-order valence-corrected chi connectivity index (χ0v) is 25.2. The molecular formula is C28H43F5O11. The highest BCUT2D eigenvalue weighted by Gasteiger charge is 2.28. The number of esters is 1. The third-order valence-electron chi connectivity index (χ3n) is 5.12. The largest absolute Gasteiger partial charge is 0.420 e. The molecule has 0 heterocycles. The fraction of sp³-hybridized carbons (Fsp3) is 0.750. The van der Waals surface area contributed by atoms with Gasteiger partial charge in [-0.3, -0.25) is 4.79 Å². The van der Waals surface area contributed by atoms with E-state index in [2.05, 4.69) is 4.74 Å².